The molecule has 0 radical (unpaired) electrons. The highest BCUT2D eigenvalue weighted by Gasteiger charge is 2.25. The first-order valence-corrected chi connectivity index (χ1v) is 6.78. The number of amides is 1. The Balaban J connectivity index is 1.88. The SMILES string of the molecule is CCOC(=O)N1CCN(C(C)c2ccncc2)CC1. The van der Waals surface area contributed by atoms with Crippen molar-refractivity contribution in [2.24, 2.45) is 0 Å². The van der Waals surface area contributed by atoms with Crippen molar-refractivity contribution in [3.63, 3.8) is 0 Å². The molecule has 1 unspecified atom stereocenters. The molecule has 1 aliphatic heterocycles. The highest BCUT2D eigenvalue weighted by molar-refractivity contribution is 5.67. The number of pyridine rings is 1. The Morgan fingerprint density at radius 2 is 1.95 bits per heavy atom. The molecule has 19 heavy (non-hydrogen) atoms. The van der Waals surface area contributed by atoms with Crippen LogP contribution in [0.2, 0.25) is 0 Å². The Morgan fingerprint density at radius 1 is 1.32 bits per heavy atom. The Kier molecular flexibility index (Phi) is 4.74. The molecule has 1 atom stereocenters. The molecule has 2 heterocycles. The monoisotopic (exact) mass is 263 g/mol. The van der Waals surface area contributed by atoms with E-state index in [-0.39, 0.29) is 6.09 Å². The van der Waals surface area contributed by atoms with Gasteiger partial charge in [-0.1, -0.05) is 0 Å². The van der Waals surface area contributed by atoms with Crippen LogP contribution in [0.1, 0.15) is 25.5 Å². The number of ether oxygens (including phenoxy) is 1. The maximum absolute atomic E-state index is 11.6. The van der Waals surface area contributed by atoms with Crippen molar-refractivity contribution in [1.82, 2.24) is 14.8 Å². The molecule has 0 aliphatic carbocycles. The van der Waals surface area contributed by atoms with Crippen LogP contribution in [0, 0.1) is 0 Å². The first kappa shape index (κ1) is 13.8. The van der Waals surface area contributed by atoms with Crippen LogP contribution in [0.15, 0.2) is 24.5 Å². The zero-order valence-corrected chi connectivity index (χ0v) is 11.6. The van der Waals surface area contributed by atoms with Crippen molar-refractivity contribution < 1.29 is 9.53 Å². The predicted octanol–water partition coefficient (Wildman–Crippen LogP) is 1.92. The van der Waals surface area contributed by atoms with E-state index in [4.69, 9.17) is 4.74 Å². The molecule has 0 spiro atoms. The minimum Gasteiger partial charge on any atom is -0.450 e. The van der Waals surface area contributed by atoms with Crippen molar-refractivity contribution in [1.29, 1.82) is 0 Å². The summed E-state index contributed by atoms with van der Waals surface area (Å²) in [4.78, 5) is 19.8. The average Bonchev–Trinajstić information content (AvgIpc) is 2.48. The topological polar surface area (TPSA) is 45.7 Å². The minimum atomic E-state index is -0.196. The highest BCUT2D eigenvalue weighted by Crippen LogP contribution is 2.20. The van der Waals surface area contributed by atoms with Crippen LogP contribution in [0.3, 0.4) is 0 Å². The van der Waals surface area contributed by atoms with E-state index in [1.54, 1.807) is 4.90 Å². The summed E-state index contributed by atoms with van der Waals surface area (Å²) in [5.74, 6) is 0. The zero-order valence-electron chi connectivity index (χ0n) is 11.6. The first-order valence-electron chi connectivity index (χ1n) is 6.78. The van der Waals surface area contributed by atoms with Crippen LogP contribution in [0.4, 0.5) is 4.79 Å². The average molecular weight is 263 g/mol. The summed E-state index contributed by atoms with van der Waals surface area (Å²) < 4.78 is 5.02. The zero-order chi connectivity index (χ0) is 13.7. The third-order valence-corrected chi connectivity index (χ3v) is 3.58. The van der Waals surface area contributed by atoms with Gasteiger partial charge in [0.05, 0.1) is 6.61 Å². The number of aromatic nitrogens is 1. The molecule has 2 rings (SSSR count). The van der Waals surface area contributed by atoms with Gasteiger partial charge in [-0.05, 0) is 31.5 Å². The molecule has 5 nitrogen and oxygen atoms in total. The third kappa shape index (κ3) is 3.44. The van der Waals surface area contributed by atoms with Gasteiger partial charge in [-0.25, -0.2) is 4.79 Å². The van der Waals surface area contributed by atoms with E-state index >= 15 is 0 Å². The summed E-state index contributed by atoms with van der Waals surface area (Å²) in [5, 5.41) is 0. The fourth-order valence-corrected chi connectivity index (χ4v) is 2.36. The Morgan fingerprint density at radius 3 is 2.53 bits per heavy atom. The molecular weight excluding hydrogens is 242 g/mol. The van der Waals surface area contributed by atoms with E-state index in [9.17, 15) is 4.79 Å². The molecule has 0 aromatic carbocycles. The molecule has 1 aromatic rings. The van der Waals surface area contributed by atoms with Crippen LogP contribution < -0.4 is 0 Å². The van der Waals surface area contributed by atoms with Gasteiger partial charge < -0.3 is 9.64 Å². The van der Waals surface area contributed by atoms with Crippen molar-refractivity contribution in [3.05, 3.63) is 30.1 Å². The summed E-state index contributed by atoms with van der Waals surface area (Å²) in [6.45, 7) is 7.68. The van der Waals surface area contributed by atoms with Gasteiger partial charge in [0.2, 0.25) is 0 Å². The molecule has 104 valence electrons. The number of carbonyl (C=O) groups excluding carboxylic acids is 1. The molecule has 0 bridgehead atoms. The van der Waals surface area contributed by atoms with Crippen LogP contribution in [0.25, 0.3) is 0 Å². The van der Waals surface area contributed by atoms with Gasteiger partial charge in [-0.3, -0.25) is 9.88 Å². The largest absolute Gasteiger partial charge is 0.450 e. The van der Waals surface area contributed by atoms with E-state index in [1.165, 1.54) is 5.56 Å². The lowest BCUT2D eigenvalue weighted by atomic mass is 10.1. The number of rotatable bonds is 3. The molecule has 0 saturated carbocycles. The van der Waals surface area contributed by atoms with Crippen LogP contribution in [-0.4, -0.2) is 53.7 Å². The van der Waals surface area contributed by atoms with E-state index in [2.05, 4.69) is 16.8 Å². The summed E-state index contributed by atoms with van der Waals surface area (Å²) in [6.07, 6.45) is 3.44. The highest BCUT2D eigenvalue weighted by atomic mass is 16.6. The van der Waals surface area contributed by atoms with Crippen LogP contribution in [0.5, 0.6) is 0 Å². The van der Waals surface area contributed by atoms with Crippen LogP contribution >= 0.6 is 0 Å². The fourth-order valence-electron chi connectivity index (χ4n) is 2.36. The van der Waals surface area contributed by atoms with Crippen molar-refractivity contribution in [3.8, 4) is 0 Å². The Labute approximate surface area is 114 Å². The van der Waals surface area contributed by atoms with Crippen molar-refractivity contribution in [2.45, 2.75) is 19.9 Å². The number of nitrogens with zero attached hydrogens (tertiary/aromatic N) is 3. The summed E-state index contributed by atoms with van der Waals surface area (Å²) in [5.41, 5.74) is 1.26. The molecule has 0 N–H and O–H groups in total. The standard InChI is InChI=1S/C14H21N3O2/c1-3-19-14(18)17-10-8-16(9-11-17)12(2)13-4-6-15-7-5-13/h4-7,12H,3,8-11H2,1-2H3. The molecule has 1 aromatic heterocycles. The van der Waals surface area contributed by atoms with E-state index < -0.39 is 0 Å². The lowest BCUT2D eigenvalue weighted by molar-refractivity contribution is 0.0686. The maximum Gasteiger partial charge on any atom is 0.409 e. The van der Waals surface area contributed by atoms with E-state index in [1.807, 2.05) is 31.5 Å². The van der Waals surface area contributed by atoms with Crippen LogP contribution in [-0.2, 0) is 4.74 Å². The van der Waals surface area contributed by atoms with Gasteiger partial charge in [-0.2, -0.15) is 0 Å². The minimum absolute atomic E-state index is 0.196. The van der Waals surface area contributed by atoms with E-state index in [0.29, 0.717) is 12.6 Å². The van der Waals surface area contributed by atoms with E-state index in [0.717, 1.165) is 26.2 Å². The first-order chi connectivity index (χ1) is 9.22. The molecule has 1 fully saturated rings. The lowest BCUT2D eigenvalue weighted by Gasteiger charge is -2.37. The van der Waals surface area contributed by atoms with Gasteiger partial charge in [0.15, 0.2) is 0 Å². The van der Waals surface area contributed by atoms with Gasteiger partial charge in [-0.15, -0.1) is 0 Å². The summed E-state index contributed by atoms with van der Waals surface area (Å²) in [6, 6.07) is 4.44. The second-order valence-corrected chi connectivity index (χ2v) is 4.68. The number of carbonyl (C=O) groups is 1. The van der Waals surface area contributed by atoms with Crippen molar-refractivity contribution >= 4 is 6.09 Å². The maximum atomic E-state index is 11.6. The number of piperazine rings is 1. The summed E-state index contributed by atoms with van der Waals surface area (Å²) in [7, 11) is 0. The number of hydrogen-bond acceptors (Lipinski definition) is 4. The second-order valence-electron chi connectivity index (χ2n) is 4.68. The Hall–Kier alpha value is -1.62. The number of hydrogen-bond donors (Lipinski definition) is 0. The quantitative estimate of drug-likeness (QED) is 0.836. The van der Waals surface area contributed by atoms with Crippen molar-refractivity contribution in [2.75, 3.05) is 32.8 Å². The molecule has 1 aliphatic rings. The van der Waals surface area contributed by atoms with Gasteiger partial charge in [0.25, 0.3) is 0 Å². The normalized spacial score (nSPS) is 18.1. The summed E-state index contributed by atoms with van der Waals surface area (Å²) >= 11 is 0. The smallest absolute Gasteiger partial charge is 0.409 e. The van der Waals surface area contributed by atoms with Gasteiger partial charge in [0.1, 0.15) is 0 Å². The molecule has 1 amide bonds. The van der Waals surface area contributed by atoms with Gasteiger partial charge in [0, 0.05) is 44.6 Å². The lowest BCUT2D eigenvalue weighted by Crippen LogP contribution is -2.49. The predicted molar refractivity (Wildman–Crippen MR) is 72.8 cm³/mol. The van der Waals surface area contributed by atoms with Gasteiger partial charge >= 0.3 is 6.09 Å². The Bertz CT molecular complexity index is 402. The molecule has 5 heteroatoms. The third-order valence-electron chi connectivity index (χ3n) is 3.58. The fraction of sp³-hybridized carbons (Fsp3) is 0.571. The molecular formula is C14H21N3O2. The molecule has 1 saturated heterocycles. The second kappa shape index (κ2) is 6.52.